The maximum absolute atomic E-state index is 13.8. The van der Waals surface area contributed by atoms with Crippen LogP contribution in [0.5, 0.6) is 0 Å². The Kier molecular flexibility index (Phi) is 8.43. The van der Waals surface area contributed by atoms with E-state index in [0.29, 0.717) is 36.5 Å². The number of fused-ring (bicyclic) bond motifs is 1. The van der Waals surface area contributed by atoms with Crippen LogP contribution in [0, 0.1) is 20.8 Å². The van der Waals surface area contributed by atoms with Gasteiger partial charge in [0.1, 0.15) is 0 Å². The molecule has 2 atom stereocenters. The molecule has 3 aromatic carbocycles. The molecule has 3 fully saturated rings. The highest BCUT2D eigenvalue weighted by Crippen LogP contribution is 2.43. The minimum Gasteiger partial charge on any atom is -0.368 e. The number of benzene rings is 3. The van der Waals surface area contributed by atoms with Crippen LogP contribution in [0.15, 0.2) is 71.6 Å². The number of hydrogen-bond donors (Lipinski definition) is 0. The molecular weight excluding hydrogens is 538 g/mol. The van der Waals surface area contributed by atoms with Gasteiger partial charge in [-0.25, -0.2) is 0 Å². The van der Waals surface area contributed by atoms with Gasteiger partial charge in [-0.05, 0) is 85.7 Å². The SMILES string of the molecule is Cc1ccccc1CN1C(=O)/C(=C\c2ccc(C(=O)N3CCN(c4cccc(C)c4C)CC3)cc2)SC2CCCCC21. The molecule has 2 aliphatic heterocycles. The van der Waals surface area contributed by atoms with Crippen LogP contribution in [-0.2, 0) is 11.3 Å². The average Bonchev–Trinajstić information content (AvgIpc) is 3.01. The number of anilines is 1. The van der Waals surface area contributed by atoms with Crippen molar-refractivity contribution in [1.29, 1.82) is 0 Å². The van der Waals surface area contributed by atoms with Gasteiger partial charge in [0.05, 0.1) is 4.91 Å². The minimum absolute atomic E-state index is 0.0763. The fourth-order valence-corrected chi connectivity index (χ4v) is 8.09. The molecule has 6 heteroatoms. The van der Waals surface area contributed by atoms with E-state index in [1.807, 2.05) is 35.2 Å². The first kappa shape index (κ1) is 28.6. The molecule has 0 spiro atoms. The van der Waals surface area contributed by atoms with Crippen LogP contribution in [-0.4, -0.2) is 59.1 Å². The monoisotopic (exact) mass is 579 g/mol. The Labute approximate surface area is 254 Å². The maximum Gasteiger partial charge on any atom is 0.260 e. The van der Waals surface area contributed by atoms with Gasteiger partial charge in [0.2, 0.25) is 0 Å². The number of aryl methyl sites for hydroxylation is 2. The van der Waals surface area contributed by atoms with Gasteiger partial charge in [-0.1, -0.05) is 61.4 Å². The summed E-state index contributed by atoms with van der Waals surface area (Å²) >= 11 is 1.76. The van der Waals surface area contributed by atoms with Crippen LogP contribution in [0.3, 0.4) is 0 Å². The van der Waals surface area contributed by atoms with Crippen molar-refractivity contribution in [2.45, 2.75) is 64.3 Å². The Morgan fingerprint density at radius 2 is 1.57 bits per heavy atom. The highest BCUT2D eigenvalue weighted by atomic mass is 32.2. The smallest absolute Gasteiger partial charge is 0.260 e. The van der Waals surface area contributed by atoms with Crippen molar-refractivity contribution in [3.8, 4) is 0 Å². The Balaban J connectivity index is 1.14. The summed E-state index contributed by atoms with van der Waals surface area (Å²) in [6.45, 7) is 10.2. The van der Waals surface area contributed by atoms with Gasteiger partial charge in [0.25, 0.3) is 11.8 Å². The van der Waals surface area contributed by atoms with Crippen molar-refractivity contribution >= 4 is 35.3 Å². The minimum atomic E-state index is 0.0763. The van der Waals surface area contributed by atoms with Gasteiger partial charge in [0, 0.05) is 55.3 Å². The van der Waals surface area contributed by atoms with Crippen LogP contribution < -0.4 is 4.90 Å². The lowest BCUT2D eigenvalue weighted by molar-refractivity contribution is -0.130. The van der Waals surface area contributed by atoms with Gasteiger partial charge in [-0.3, -0.25) is 9.59 Å². The summed E-state index contributed by atoms with van der Waals surface area (Å²) in [6, 6.07) is 22.9. The summed E-state index contributed by atoms with van der Waals surface area (Å²) in [5.74, 6) is 0.209. The fraction of sp³-hybridized carbons (Fsp3) is 0.389. The molecule has 0 bridgehead atoms. The van der Waals surface area contributed by atoms with E-state index in [2.05, 4.69) is 73.0 Å². The number of amides is 2. The van der Waals surface area contributed by atoms with Gasteiger partial charge in [0.15, 0.2) is 0 Å². The van der Waals surface area contributed by atoms with Gasteiger partial charge in [-0.15, -0.1) is 11.8 Å². The molecule has 2 amide bonds. The molecule has 1 saturated carbocycles. The molecule has 218 valence electrons. The molecule has 6 rings (SSSR count). The summed E-state index contributed by atoms with van der Waals surface area (Å²) in [4.78, 5) is 34.5. The van der Waals surface area contributed by atoms with E-state index in [0.717, 1.165) is 36.4 Å². The van der Waals surface area contributed by atoms with Crippen LogP contribution in [0.4, 0.5) is 5.69 Å². The zero-order valence-electron chi connectivity index (χ0n) is 25.0. The molecule has 0 radical (unpaired) electrons. The number of thioether (sulfide) groups is 1. The number of rotatable bonds is 5. The zero-order valence-corrected chi connectivity index (χ0v) is 25.8. The molecule has 5 nitrogen and oxygen atoms in total. The number of hydrogen-bond acceptors (Lipinski definition) is 4. The second kappa shape index (κ2) is 12.4. The van der Waals surface area contributed by atoms with Crippen molar-refractivity contribution in [2.24, 2.45) is 0 Å². The standard InChI is InChI=1S/C36H41N3O2S/c1-25-10-8-13-31(27(25)3)37-19-21-38(22-20-37)35(40)29-17-15-28(16-18-29)23-34-36(41)39(24-30-11-5-4-9-26(30)2)32-12-6-7-14-33(32)42-34/h4-5,8-11,13,15-18,23,32-33H,6-7,12,14,19-22,24H2,1-3H3/b34-23+. The predicted octanol–water partition coefficient (Wildman–Crippen LogP) is 7.00. The second-order valence-corrected chi connectivity index (χ2v) is 13.3. The van der Waals surface area contributed by atoms with Crippen molar-refractivity contribution in [3.63, 3.8) is 0 Å². The van der Waals surface area contributed by atoms with E-state index in [4.69, 9.17) is 0 Å². The lowest BCUT2D eigenvalue weighted by atomic mass is 9.92. The summed E-state index contributed by atoms with van der Waals surface area (Å²) in [5.41, 5.74) is 8.00. The average molecular weight is 580 g/mol. The first-order chi connectivity index (χ1) is 20.4. The Bertz CT molecular complexity index is 1490. The fourth-order valence-electron chi connectivity index (χ4n) is 6.62. The van der Waals surface area contributed by atoms with Gasteiger partial charge >= 0.3 is 0 Å². The third kappa shape index (κ3) is 5.87. The molecule has 1 aliphatic carbocycles. The van der Waals surface area contributed by atoms with Crippen LogP contribution >= 0.6 is 11.8 Å². The van der Waals surface area contributed by atoms with E-state index >= 15 is 0 Å². The molecule has 3 aliphatic rings. The van der Waals surface area contributed by atoms with E-state index in [1.54, 1.807) is 11.8 Å². The van der Waals surface area contributed by atoms with Gasteiger partial charge < -0.3 is 14.7 Å². The van der Waals surface area contributed by atoms with Crippen LogP contribution in [0.1, 0.15) is 63.9 Å². The van der Waals surface area contributed by atoms with E-state index in [-0.39, 0.29) is 11.8 Å². The summed E-state index contributed by atoms with van der Waals surface area (Å²) in [5, 5.41) is 0.440. The van der Waals surface area contributed by atoms with E-state index in [9.17, 15) is 9.59 Å². The first-order valence-corrected chi connectivity index (χ1v) is 16.2. The molecule has 42 heavy (non-hydrogen) atoms. The topological polar surface area (TPSA) is 43.9 Å². The quantitative estimate of drug-likeness (QED) is 0.305. The third-order valence-corrected chi connectivity index (χ3v) is 10.8. The molecule has 0 N–H and O–H groups in total. The molecule has 2 heterocycles. The van der Waals surface area contributed by atoms with Crippen molar-refractivity contribution < 1.29 is 9.59 Å². The number of carbonyl (C=O) groups is 2. The predicted molar refractivity (Wildman–Crippen MR) is 174 cm³/mol. The van der Waals surface area contributed by atoms with Crippen molar-refractivity contribution in [3.05, 3.63) is 105 Å². The molecule has 2 unspecified atom stereocenters. The number of carbonyl (C=O) groups excluding carboxylic acids is 2. The molecule has 2 saturated heterocycles. The summed E-state index contributed by atoms with van der Waals surface area (Å²) in [7, 11) is 0. The highest BCUT2D eigenvalue weighted by Gasteiger charge is 2.40. The van der Waals surface area contributed by atoms with Crippen LogP contribution in [0.2, 0.25) is 0 Å². The number of piperazine rings is 1. The summed E-state index contributed by atoms with van der Waals surface area (Å²) < 4.78 is 0. The normalized spacial score (nSPS) is 21.9. The van der Waals surface area contributed by atoms with Gasteiger partial charge in [-0.2, -0.15) is 0 Å². The van der Waals surface area contributed by atoms with E-state index < -0.39 is 0 Å². The molecule has 3 aromatic rings. The number of nitrogens with zero attached hydrogens (tertiary/aromatic N) is 3. The first-order valence-electron chi connectivity index (χ1n) is 15.3. The van der Waals surface area contributed by atoms with Crippen molar-refractivity contribution in [1.82, 2.24) is 9.80 Å². The highest BCUT2D eigenvalue weighted by molar-refractivity contribution is 8.04. The Morgan fingerprint density at radius 3 is 2.33 bits per heavy atom. The Morgan fingerprint density at radius 1 is 0.857 bits per heavy atom. The lowest BCUT2D eigenvalue weighted by Crippen LogP contribution is -2.50. The second-order valence-electron chi connectivity index (χ2n) is 12.0. The molecule has 0 aromatic heterocycles. The van der Waals surface area contributed by atoms with Crippen molar-refractivity contribution in [2.75, 3.05) is 31.1 Å². The lowest BCUT2D eigenvalue weighted by Gasteiger charge is -2.44. The maximum atomic E-state index is 13.8. The van der Waals surface area contributed by atoms with E-state index in [1.165, 1.54) is 40.8 Å². The molecular formula is C36H41N3O2S. The zero-order chi connectivity index (χ0) is 29.2. The largest absolute Gasteiger partial charge is 0.368 e. The summed E-state index contributed by atoms with van der Waals surface area (Å²) in [6.07, 6.45) is 6.67. The Hall–Kier alpha value is -3.51. The third-order valence-electron chi connectivity index (χ3n) is 9.36. The van der Waals surface area contributed by atoms with Crippen LogP contribution in [0.25, 0.3) is 6.08 Å².